The Balaban J connectivity index is 1.45. The highest BCUT2D eigenvalue weighted by Gasteiger charge is 2.25. The molecule has 0 saturated carbocycles. The van der Waals surface area contributed by atoms with Crippen molar-refractivity contribution in [1.82, 2.24) is 14.8 Å². The zero-order valence-corrected chi connectivity index (χ0v) is 14.6. The summed E-state index contributed by atoms with van der Waals surface area (Å²) in [5, 5.41) is 0.535. The molecule has 0 N–H and O–H groups in total. The molecule has 0 aromatic carbocycles. The van der Waals surface area contributed by atoms with Crippen LogP contribution in [0.25, 0.3) is 0 Å². The highest BCUT2D eigenvalue weighted by molar-refractivity contribution is 6.31. The summed E-state index contributed by atoms with van der Waals surface area (Å²) in [6.45, 7) is 5.62. The third kappa shape index (κ3) is 4.82. The predicted molar refractivity (Wildman–Crippen MR) is 91.3 cm³/mol. The number of rotatable bonds is 5. The number of likely N-dealkylation sites (tertiary alicyclic amines) is 1. The summed E-state index contributed by atoms with van der Waals surface area (Å²) in [4.78, 5) is 20.6. The smallest absolute Gasteiger partial charge is 0.236 e. The standard InChI is InChI=1S/C17H24ClN3O3/c18-15-4-1-5-19-17(15)24-13-14-3-2-6-20(11-14)12-16(22)21-7-9-23-10-8-21/h1,4-5,14H,2-3,6-13H2. The first kappa shape index (κ1) is 17.5. The first-order valence-electron chi connectivity index (χ1n) is 8.53. The molecule has 7 heteroatoms. The number of carbonyl (C=O) groups excluding carboxylic acids is 1. The van der Waals surface area contributed by atoms with Crippen LogP contribution in [0.3, 0.4) is 0 Å². The zero-order chi connectivity index (χ0) is 16.8. The molecule has 2 fully saturated rings. The lowest BCUT2D eigenvalue weighted by Crippen LogP contribution is -2.48. The van der Waals surface area contributed by atoms with Gasteiger partial charge in [-0.3, -0.25) is 9.69 Å². The van der Waals surface area contributed by atoms with Crippen LogP contribution in [-0.2, 0) is 9.53 Å². The van der Waals surface area contributed by atoms with Crippen molar-refractivity contribution in [2.45, 2.75) is 12.8 Å². The molecule has 1 aromatic rings. The third-order valence-corrected chi connectivity index (χ3v) is 4.79. The molecule has 0 radical (unpaired) electrons. The number of piperidine rings is 1. The molecule has 0 bridgehead atoms. The summed E-state index contributed by atoms with van der Waals surface area (Å²) in [6, 6.07) is 3.56. The van der Waals surface area contributed by atoms with Crippen molar-refractivity contribution >= 4 is 17.5 Å². The van der Waals surface area contributed by atoms with Crippen molar-refractivity contribution < 1.29 is 14.3 Å². The lowest BCUT2D eigenvalue weighted by Gasteiger charge is -2.34. The maximum atomic E-state index is 12.4. The summed E-state index contributed by atoms with van der Waals surface area (Å²) >= 11 is 6.07. The highest BCUT2D eigenvalue weighted by atomic mass is 35.5. The Hall–Kier alpha value is -1.37. The minimum Gasteiger partial charge on any atom is -0.476 e. The summed E-state index contributed by atoms with van der Waals surface area (Å²) in [5.41, 5.74) is 0. The number of nitrogens with zero attached hydrogens (tertiary/aromatic N) is 3. The predicted octanol–water partition coefficient (Wildman–Crippen LogP) is 1.68. The van der Waals surface area contributed by atoms with Gasteiger partial charge in [-0.05, 0) is 31.5 Å². The average Bonchev–Trinajstić information content (AvgIpc) is 2.62. The Kier molecular flexibility index (Phi) is 6.29. The van der Waals surface area contributed by atoms with E-state index in [-0.39, 0.29) is 5.91 Å². The molecule has 2 aliphatic rings. The number of hydrogen-bond donors (Lipinski definition) is 0. The second-order valence-electron chi connectivity index (χ2n) is 6.34. The second kappa shape index (κ2) is 8.65. The summed E-state index contributed by atoms with van der Waals surface area (Å²) in [6.07, 6.45) is 3.86. The lowest BCUT2D eigenvalue weighted by atomic mass is 9.99. The highest BCUT2D eigenvalue weighted by Crippen LogP contribution is 2.23. The van der Waals surface area contributed by atoms with Crippen LogP contribution >= 0.6 is 11.6 Å². The van der Waals surface area contributed by atoms with Gasteiger partial charge in [0.1, 0.15) is 5.02 Å². The Morgan fingerprint density at radius 3 is 3.00 bits per heavy atom. The Bertz CT molecular complexity index is 552. The molecule has 0 spiro atoms. The first-order valence-corrected chi connectivity index (χ1v) is 8.91. The van der Waals surface area contributed by atoms with Gasteiger partial charge >= 0.3 is 0 Å². The molecule has 2 saturated heterocycles. The van der Waals surface area contributed by atoms with E-state index in [9.17, 15) is 4.79 Å². The minimum absolute atomic E-state index is 0.202. The Morgan fingerprint density at radius 2 is 2.21 bits per heavy atom. The van der Waals surface area contributed by atoms with Crippen LogP contribution in [0.2, 0.25) is 5.02 Å². The number of hydrogen-bond acceptors (Lipinski definition) is 5. The summed E-state index contributed by atoms with van der Waals surface area (Å²) < 4.78 is 11.1. The molecule has 24 heavy (non-hydrogen) atoms. The largest absolute Gasteiger partial charge is 0.476 e. The van der Waals surface area contributed by atoms with Gasteiger partial charge in [0.05, 0.1) is 26.4 Å². The van der Waals surface area contributed by atoms with Crippen molar-refractivity contribution in [2.24, 2.45) is 5.92 Å². The SMILES string of the molecule is O=C(CN1CCCC(COc2ncccc2Cl)C1)N1CCOCC1. The summed E-state index contributed by atoms with van der Waals surface area (Å²) in [5.74, 6) is 1.09. The van der Waals surface area contributed by atoms with Crippen LogP contribution < -0.4 is 4.74 Å². The van der Waals surface area contributed by atoms with Gasteiger partial charge in [0.25, 0.3) is 0 Å². The van der Waals surface area contributed by atoms with Crippen LogP contribution in [-0.4, -0.2) is 73.2 Å². The fourth-order valence-electron chi connectivity index (χ4n) is 3.21. The van der Waals surface area contributed by atoms with Gasteiger partial charge in [0.2, 0.25) is 11.8 Å². The maximum Gasteiger partial charge on any atom is 0.236 e. The van der Waals surface area contributed by atoms with Crippen LogP contribution in [0.5, 0.6) is 5.88 Å². The quantitative estimate of drug-likeness (QED) is 0.806. The van der Waals surface area contributed by atoms with Crippen molar-refractivity contribution in [3.05, 3.63) is 23.4 Å². The number of morpholine rings is 1. The number of amides is 1. The van der Waals surface area contributed by atoms with Gasteiger partial charge in [-0.1, -0.05) is 11.6 Å². The molecule has 132 valence electrons. The van der Waals surface area contributed by atoms with Crippen molar-refractivity contribution in [3.63, 3.8) is 0 Å². The molecule has 1 aromatic heterocycles. The molecule has 6 nitrogen and oxygen atoms in total. The van der Waals surface area contributed by atoms with E-state index in [0.717, 1.165) is 25.9 Å². The Morgan fingerprint density at radius 1 is 1.38 bits per heavy atom. The van der Waals surface area contributed by atoms with Crippen LogP contribution in [0.4, 0.5) is 0 Å². The topological polar surface area (TPSA) is 54.9 Å². The van der Waals surface area contributed by atoms with E-state index in [4.69, 9.17) is 21.1 Å². The van der Waals surface area contributed by atoms with E-state index in [1.807, 2.05) is 4.90 Å². The third-order valence-electron chi connectivity index (χ3n) is 4.51. The molecular weight excluding hydrogens is 330 g/mol. The van der Waals surface area contributed by atoms with E-state index in [1.54, 1.807) is 18.3 Å². The van der Waals surface area contributed by atoms with Gasteiger partial charge in [-0.2, -0.15) is 0 Å². The number of halogens is 1. The van der Waals surface area contributed by atoms with Crippen LogP contribution in [0.1, 0.15) is 12.8 Å². The number of carbonyl (C=O) groups is 1. The van der Waals surface area contributed by atoms with E-state index in [0.29, 0.717) is 56.3 Å². The normalized spacial score (nSPS) is 22.4. The first-order chi connectivity index (χ1) is 11.7. The van der Waals surface area contributed by atoms with E-state index >= 15 is 0 Å². The summed E-state index contributed by atoms with van der Waals surface area (Å²) in [7, 11) is 0. The molecular formula is C17H24ClN3O3. The molecule has 1 amide bonds. The van der Waals surface area contributed by atoms with Gasteiger partial charge in [-0.15, -0.1) is 0 Å². The number of pyridine rings is 1. The maximum absolute atomic E-state index is 12.4. The monoisotopic (exact) mass is 353 g/mol. The van der Waals surface area contributed by atoms with Gasteiger partial charge < -0.3 is 14.4 Å². The molecule has 1 atom stereocenters. The van der Waals surface area contributed by atoms with E-state index < -0.39 is 0 Å². The van der Waals surface area contributed by atoms with Gasteiger partial charge in [0, 0.05) is 31.7 Å². The van der Waals surface area contributed by atoms with Crippen molar-refractivity contribution in [1.29, 1.82) is 0 Å². The van der Waals surface area contributed by atoms with Gasteiger partial charge in [0.15, 0.2) is 0 Å². The molecule has 1 unspecified atom stereocenters. The van der Waals surface area contributed by atoms with Crippen LogP contribution in [0.15, 0.2) is 18.3 Å². The van der Waals surface area contributed by atoms with Crippen LogP contribution in [0, 0.1) is 5.92 Å². The number of aromatic nitrogens is 1. The fraction of sp³-hybridized carbons (Fsp3) is 0.647. The number of ether oxygens (including phenoxy) is 2. The van der Waals surface area contributed by atoms with E-state index in [1.165, 1.54) is 0 Å². The molecule has 2 aliphatic heterocycles. The average molecular weight is 354 g/mol. The van der Waals surface area contributed by atoms with Crippen molar-refractivity contribution in [3.8, 4) is 5.88 Å². The van der Waals surface area contributed by atoms with Gasteiger partial charge in [-0.25, -0.2) is 4.98 Å². The molecule has 3 rings (SSSR count). The van der Waals surface area contributed by atoms with E-state index in [2.05, 4.69) is 9.88 Å². The second-order valence-corrected chi connectivity index (χ2v) is 6.75. The zero-order valence-electron chi connectivity index (χ0n) is 13.8. The lowest BCUT2D eigenvalue weighted by molar-refractivity contribution is -0.137. The molecule has 0 aliphatic carbocycles. The Labute approximate surface area is 147 Å². The fourth-order valence-corrected chi connectivity index (χ4v) is 3.39. The minimum atomic E-state index is 0.202. The molecule has 3 heterocycles. The van der Waals surface area contributed by atoms with Crippen molar-refractivity contribution in [2.75, 3.05) is 52.5 Å².